The SMILES string of the molecule is CC(C)CC(N)c1cc(C(F)(F)F)ccc1N1CCN(C(=O)C(Cc2ccc(Cl)cc2Cl)n2ccnn2)CC1. The second kappa shape index (κ2) is 12.1. The van der Waals surface area contributed by atoms with Crippen molar-refractivity contribution in [3.05, 3.63) is 75.5 Å². The number of amides is 1. The molecule has 1 aliphatic heterocycles. The summed E-state index contributed by atoms with van der Waals surface area (Å²) in [5.41, 5.74) is 7.56. The second-order valence-corrected chi connectivity index (χ2v) is 11.0. The van der Waals surface area contributed by atoms with Crippen molar-refractivity contribution in [1.82, 2.24) is 19.9 Å². The number of halogens is 5. The lowest BCUT2D eigenvalue weighted by Crippen LogP contribution is -2.51. The maximum Gasteiger partial charge on any atom is 0.416 e. The first-order valence-electron chi connectivity index (χ1n) is 12.7. The van der Waals surface area contributed by atoms with Gasteiger partial charge in [-0.2, -0.15) is 13.2 Å². The molecule has 3 aromatic rings. The number of aromatic nitrogens is 3. The Morgan fingerprint density at radius 3 is 2.38 bits per heavy atom. The Kier molecular flexibility index (Phi) is 9.08. The normalized spacial score (nSPS) is 16.0. The number of carbonyl (C=O) groups excluding carboxylic acids is 1. The molecule has 0 radical (unpaired) electrons. The van der Waals surface area contributed by atoms with Gasteiger partial charge in [-0.15, -0.1) is 5.10 Å². The zero-order valence-electron chi connectivity index (χ0n) is 21.7. The zero-order valence-corrected chi connectivity index (χ0v) is 23.2. The van der Waals surface area contributed by atoms with Gasteiger partial charge in [0.2, 0.25) is 5.91 Å². The van der Waals surface area contributed by atoms with Crippen LogP contribution in [0.15, 0.2) is 48.8 Å². The fraction of sp³-hybridized carbons (Fsp3) is 0.444. The van der Waals surface area contributed by atoms with E-state index in [1.807, 2.05) is 18.7 Å². The van der Waals surface area contributed by atoms with E-state index in [2.05, 4.69) is 10.3 Å². The van der Waals surface area contributed by atoms with Crippen LogP contribution >= 0.6 is 23.2 Å². The number of alkyl halides is 3. The molecular weight excluding hydrogens is 552 g/mol. The van der Waals surface area contributed by atoms with Crippen molar-refractivity contribution in [2.45, 2.75) is 44.9 Å². The standard InChI is InChI=1S/C27H31Cl2F3N6O/c1-17(2)13-23(33)21-15-19(27(30,31)32)4-6-24(21)36-9-11-37(12-10-36)26(39)25(38-8-7-34-35-38)14-18-3-5-20(28)16-22(18)29/h3-8,15-17,23,25H,9-14,33H2,1-2H3. The molecule has 2 unspecified atom stereocenters. The van der Waals surface area contributed by atoms with E-state index < -0.39 is 23.8 Å². The second-order valence-electron chi connectivity index (χ2n) is 10.2. The predicted molar refractivity (Wildman–Crippen MR) is 146 cm³/mol. The van der Waals surface area contributed by atoms with E-state index in [1.165, 1.54) is 16.9 Å². The van der Waals surface area contributed by atoms with Crippen molar-refractivity contribution < 1.29 is 18.0 Å². The maximum atomic E-state index is 13.7. The van der Waals surface area contributed by atoms with Gasteiger partial charge in [0.25, 0.3) is 0 Å². The number of carbonyl (C=O) groups is 1. The van der Waals surface area contributed by atoms with Crippen molar-refractivity contribution in [2.75, 3.05) is 31.1 Å². The third-order valence-electron chi connectivity index (χ3n) is 6.89. The van der Waals surface area contributed by atoms with Crippen LogP contribution < -0.4 is 10.6 Å². The summed E-state index contributed by atoms with van der Waals surface area (Å²) in [5, 5.41) is 8.87. The Labute approximate surface area is 235 Å². The van der Waals surface area contributed by atoms with E-state index in [9.17, 15) is 18.0 Å². The van der Waals surface area contributed by atoms with Crippen LogP contribution in [-0.2, 0) is 17.4 Å². The average Bonchev–Trinajstić information content (AvgIpc) is 3.41. The molecule has 0 spiro atoms. The summed E-state index contributed by atoms with van der Waals surface area (Å²) >= 11 is 12.4. The van der Waals surface area contributed by atoms with Crippen molar-refractivity contribution in [1.29, 1.82) is 0 Å². The molecule has 1 amide bonds. The zero-order chi connectivity index (χ0) is 28.3. The Bertz CT molecular complexity index is 1280. The number of nitrogens with zero attached hydrogens (tertiary/aromatic N) is 5. The number of nitrogens with two attached hydrogens (primary N) is 1. The summed E-state index contributed by atoms with van der Waals surface area (Å²) in [4.78, 5) is 17.4. The van der Waals surface area contributed by atoms with Gasteiger partial charge in [0, 0.05) is 60.6 Å². The molecule has 1 aromatic heterocycles. The number of hydrogen-bond acceptors (Lipinski definition) is 5. The number of benzene rings is 2. The molecule has 0 aliphatic carbocycles. The van der Waals surface area contributed by atoms with E-state index in [-0.39, 0.29) is 11.8 Å². The van der Waals surface area contributed by atoms with E-state index in [0.29, 0.717) is 60.3 Å². The fourth-order valence-corrected chi connectivity index (χ4v) is 5.39. The number of piperazine rings is 1. The Balaban J connectivity index is 1.53. The summed E-state index contributed by atoms with van der Waals surface area (Å²) < 4.78 is 41.9. The first-order chi connectivity index (χ1) is 18.4. The van der Waals surface area contributed by atoms with Crippen molar-refractivity contribution in [2.24, 2.45) is 11.7 Å². The van der Waals surface area contributed by atoms with Gasteiger partial charge in [0.1, 0.15) is 6.04 Å². The highest BCUT2D eigenvalue weighted by molar-refractivity contribution is 6.35. The molecule has 2 N–H and O–H groups in total. The monoisotopic (exact) mass is 582 g/mol. The molecule has 2 atom stereocenters. The summed E-state index contributed by atoms with van der Waals surface area (Å²) in [6.45, 7) is 5.64. The van der Waals surface area contributed by atoms with Crippen molar-refractivity contribution in [3.63, 3.8) is 0 Å². The molecule has 1 fully saturated rings. The Hall–Kier alpha value is -2.82. The lowest BCUT2D eigenvalue weighted by Gasteiger charge is -2.39. The molecule has 1 aliphatic rings. The lowest BCUT2D eigenvalue weighted by atomic mass is 9.94. The van der Waals surface area contributed by atoms with Crippen LogP contribution in [0.4, 0.5) is 18.9 Å². The molecule has 0 saturated carbocycles. The van der Waals surface area contributed by atoms with Crippen LogP contribution in [0, 0.1) is 5.92 Å². The van der Waals surface area contributed by atoms with Gasteiger partial charge in [-0.1, -0.05) is 48.3 Å². The maximum absolute atomic E-state index is 13.7. The first kappa shape index (κ1) is 29.2. The van der Waals surface area contributed by atoms with Crippen molar-refractivity contribution >= 4 is 34.8 Å². The average molecular weight is 583 g/mol. The molecule has 0 bridgehead atoms. The lowest BCUT2D eigenvalue weighted by molar-refractivity contribution is -0.138. The van der Waals surface area contributed by atoms with Gasteiger partial charge in [-0.25, -0.2) is 4.68 Å². The third kappa shape index (κ3) is 7.04. The fourth-order valence-electron chi connectivity index (χ4n) is 4.90. The number of anilines is 1. The van der Waals surface area contributed by atoms with Crippen LogP contribution in [0.2, 0.25) is 10.0 Å². The van der Waals surface area contributed by atoms with E-state index in [1.54, 1.807) is 29.3 Å². The van der Waals surface area contributed by atoms with Gasteiger partial charge < -0.3 is 15.5 Å². The molecule has 4 rings (SSSR count). The molecule has 12 heteroatoms. The van der Waals surface area contributed by atoms with Gasteiger partial charge in [0.05, 0.1) is 11.8 Å². The third-order valence-corrected chi connectivity index (χ3v) is 7.47. The van der Waals surface area contributed by atoms with Gasteiger partial charge in [-0.05, 0) is 53.8 Å². The number of rotatable bonds is 8. The van der Waals surface area contributed by atoms with Crippen LogP contribution in [0.5, 0.6) is 0 Å². The topological polar surface area (TPSA) is 80.3 Å². The molecule has 210 valence electrons. The predicted octanol–water partition coefficient (Wildman–Crippen LogP) is 5.78. The van der Waals surface area contributed by atoms with Crippen LogP contribution in [0.1, 0.15) is 49.0 Å². The van der Waals surface area contributed by atoms with E-state index in [4.69, 9.17) is 28.9 Å². The first-order valence-corrected chi connectivity index (χ1v) is 13.5. The van der Waals surface area contributed by atoms with Gasteiger partial charge in [-0.3, -0.25) is 4.79 Å². The summed E-state index contributed by atoms with van der Waals surface area (Å²) in [5.74, 6) is 0.0787. The van der Waals surface area contributed by atoms with E-state index >= 15 is 0 Å². The van der Waals surface area contributed by atoms with Crippen molar-refractivity contribution in [3.8, 4) is 0 Å². The quantitative estimate of drug-likeness (QED) is 0.364. The Morgan fingerprint density at radius 1 is 1.08 bits per heavy atom. The highest BCUT2D eigenvalue weighted by Crippen LogP contribution is 2.37. The minimum atomic E-state index is -4.46. The summed E-state index contributed by atoms with van der Waals surface area (Å²) in [6.07, 6.45) is -0.466. The smallest absolute Gasteiger partial charge is 0.368 e. The molecule has 1 saturated heterocycles. The molecule has 2 heterocycles. The minimum absolute atomic E-state index is 0.143. The molecule has 39 heavy (non-hydrogen) atoms. The van der Waals surface area contributed by atoms with Crippen LogP contribution in [-0.4, -0.2) is 52.0 Å². The summed E-state index contributed by atoms with van der Waals surface area (Å²) in [6, 6.07) is 7.68. The highest BCUT2D eigenvalue weighted by Gasteiger charge is 2.34. The Morgan fingerprint density at radius 2 is 1.79 bits per heavy atom. The van der Waals surface area contributed by atoms with E-state index in [0.717, 1.165) is 17.7 Å². The molecular formula is C27H31Cl2F3N6O. The minimum Gasteiger partial charge on any atom is -0.368 e. The van der Waals surface area contributed by atoms with Crippen LogP contribution in [0.25, 0.3) is 0 Å². The molecule has 2 aromatic carbocycles. The highest BCUT2D eigenvalue weighted by atomic mass is 35.5. The number of hydrogen-bond donors (Lipinski definition) is 1. The largest absolute Gasteiger partial charge is 0.416 e. The van der Waals surface area contributed by atoms with Gasteiger partial charge >= 0.3 is 6.18 Å². The van der Waals surface area contributed by atoms with Gasteiger partial charge in [0.15, 0.2) is 0 Å². The molecule has 7 nitrogen and oxygen atoms in total. The van der Waals surface area contributed by atoms with Crippen LogP contribution in [0.3, 0.4) is 0 Å². The summed E-state index contributed by atoms with van der Waals surface area (Å²) in [7, 11) is 0.